The second kappa shape index (κ2) is 6.20. The molecule has 1 aliphatic heterocycles. The van der Waals surface area contributed by atoms with Gasteiger partial charge in [-0.25, -0.2) is 4.98 Å². The van der Waals surface area contributed by atoms with Gasteiger partial charge in [0.1, 0.15) is 5.82 Å². The molecule has 0 bridgehead atoms. The minimum absolute atomic E-state index is 0.292. The smallest absolute Gasteiger partial charge is 0.111 e. The van der Waals surface area contributed by atoms with Crippen LogP contribution in [0.25, 0.3) is 11.0 Å². The molecule has 1 aliphatic rings. The molecule has 0 saturated carbocycles. The Morgan fingerprint density at radius 1 is 1.55 bits per heavy atom. The van der Waals surface area contributed by atoms with Crippen LogP contribution in [0.15, 0.2) is 18.2 Å². The predicted molar refractivity (Wildman–Crippen MR) is 90.6 cm³/mol. The quantitative estimate of drug-likeness (QED) is 0.565. The van der Waals surface area contributed by atoms with Crippen LogP contribution in [-0.2, 0) is 11.2 Å². The molecular weight excluding hydrogens is 387 g/mol. The molecule has 2 aromatic rings. The summed E-state index contributed by atoms with van der Waals surface area (Å²) in [5.74, 6) is 1.67. The lowest BCUT2D eigenvalue weighted by atomic mass is 10.1. The average molecular weight is 405 g/mol. The van der Waals surface area contributed by atoms with Crippen molar-refractivity contribution in [3.05, 3.63) is 27.6 Å². The van der Waals surface area contributed by atoms with Crippen LogP contribution in [0, 0.1) is 3.57 Å². The van der Waals surface area contributed by atoms with Crippen LogP contribution < -0.4 is 0 Å². The number of aryl methyl sites for hydroxylation is 1. The lowest BCUT2D eigenvalue weighted by molar-refractivity contribution is 0.0736. The largest absolute Gasteiger partial charge is 0.376 e. The standard InChI is InChI=1S/C15H18ClIN2O/c1-10(14-3-2-8-20-14)19-13-5-4-11(17)9-12(13)18-15(19)6-7-16/h4-5,9-10,14H,2-3,6-8H2,1H3. The number of alkyl halides is 1. The molecule has 0 spiro atoms. The van der Waals surface area contributed by atoms with Gasteiger partial charge in [-0.05, 0) is 60.6 Å². The Kier molecular flexibility index (Phi) is 4.52. The molecule has 1 fully saturated rings. The zero-order valence-corrected chi connectivity index (χ0v) is 14.4. The fourth-order valence-electron chi connectivity index (χ4n) is 2.99. The van der Waals surface area contributed by atoms with E-state index in [0.29, 0.717) is 18.0 Å². The summed E-state index contributed by atoms with van der Waals surface area (Å²) in [6.07, 6.45) is 3.38. The zero-order valence-electron chi connectivity index (χ0n) is 11.5. The first-order valence-corrected chi connectivity index (χ1v) is 8.66. The van der Waals surface area contributed by atoms with Gasteiger partial charge in [0.25, 0.3) is 0 Å². The summed E-state index contributed by atoms with van der Waals surface area (Å²) in [6.45, 7) is 3.11. The maximum Gasteiger partial charge on any atom is 0.111 e. The summed E-state index contributed by atoms with van der Waals surface area (Å²) in [7, 11) is 0. The van der Waals surface area contributed by atoms with E-state index in [1.165, 1.54) is 9.09 Å². The highest BCUT2D eigenvalue weighted by molar-refractivity contribution is 14.1. The molecule has 20 heavy (non-hydrogen) atoms. The number of hydrogen-bond donors (Lipinski definition) is 0. The molecule has 0 amide bonds. The predicted octanol–water partition coefficient (Wildman–Crippen LogP) is 4.16. The van der Waals surface area contributed by atoms with Crippen molar-refractivity contribution in [1.29, 1.82) is 0 Å². The highest BCUT2D eigenvalue weighted by Crippen LogP contribution is 2.30. The summed E-state index contributed by atoms with van der Waals surface area (Å²) in [4.78, 5) is 4.77. The van der Waals surface area contributed by atoms with E-state index in [1.54, 1.807) is 0 Å². The van der Waals surface area contributed by atoms with Crippen LogP contribution in [0.1, 0.15) is 31.6 Å². The Bertz CT molecular complexity index is 607. The fourth-order valence-corrected chi connectivity index (χ4v) is 3.63. The lowest BCUT2D eigenvalue weighted by Crippen LogP contribution is -2.22. The second-order valence-corrected chi connectivity index (χ2v) is 6.89. The molecule has 2 atom stereocenters. The van der Waals surface area contributed by atoms with Gasteiger partial charge in [-0.1, -0.05) is 0 Å². The van der Waals surface area contributed by atoms with Crippen LogP contribution in [0.2, 0.25) is 0 Å². The molecule has 3 nitrogen and oxygen atoms in total. The molecule has 0 aliphatic carbocycles. The van der Waals surface area contributed by atoms with Crippen molar-refractivity contribution >= 4 is 45.2 Å². The van der Waals surface area contributed by atoms with Crippen molar-refractivity contribution in [1.82, 2.24) is 9.55 Å². The number of nitrogens with zero attached hydrogens (tertiary/aromatic N) is 2. The molecule has 0 N–H and O–H groups in total. The number of fused-ring (bicyclic) bond motifs is 1. The van der Waals surface area contributed by atoms with Gasteiger partial charge in [0, 0.05) is 22.5 Å². The van der Waals surface area contributed by atoms with E-state index in [9.17, 15) is 0 Å². The topological polar surface area (TPSA) is 27.1 Å². The average Bonchev–Trinajstić information content (AvgIpc) is 3.05. The van der Waals surface area contributed by atoms with Crippen LogP contribution >= 0.6 is 34.2 Å². The third kappa shape index (κ3) is 2.70. The van der Waals surface area contributed by atoms with Crippen LogP contribution in [0.5, 0.6) is 0 Å². The van der Waals surface area contributed by atoms with Gasteiger partial charge >= 0.3 is 0 Å². The molecule has 1 aromatic heterocycles. The molecule has 2 unspecified atom stereocenters. The summed E-state index contributed by atoms with van der Waals surface area (Å²) < 4.78 is 9.39. The van der Waals surface area contributed by atoms with Crippen LogP contribution in [0.4, 0.5) is 0 Å². The normalized spacial score (nSPS) is 20.6. The van der Waals surface area contributed by atoms with E-state index in [1.807, 2.05) is 0 Å². The first-order chi connectivity index (χ1) is 9.70. The molecular formula is C15H18ClIN2O. The molecule has 1 aromatic carbocycles. The summed E-state index contributed by atoms with van der Waals surface area (Å²) in [5, 5.41) is 0. The summed E-state index contributed by atoms with van der Waals surface area (Å²) in [6, 6.07) is 6.73. The number of aromatic nitrogens is 2. The van der Waals surface area contributed by atoms with Crippen molar-refractivity contribution in [2.45, 2.75) is 38.3 Å². The minimum atomic E-state index is 0.292. The second-order valence-electron chi connectivity index (χ2n) is 5.26. The Morgan fingerprint density at radius 3 is 3.10 bits per heavy atom. The third-order valence-electron chi connectivity index (χ3n) is 3.95. The fraction of sp³-hybridized carbons (Fsp3) is 0.533. The van der Waals surface area contributed by atoms with E-state index in [4.69, 9.17) is 21.3 Å². The van der Waals surface area contributed by atoms with Gasteiger partial charge in [-0.2, -0.15) is 0 Å². The van der Waals surface area contributed by atoms with Crippen molar-refractivity contribution in [2.24, 2.45) is 0 Å². The molecule has 108 valence electrons. The number of imidazole rings is 1. The van der Waals surface area contributed by atoms with Crippen molar-refractivity contribution in [3.8, 4) is 0 Å². The van der Waals surface area contributed by atoms with Crippen LogP contribution in [-0.4, -0.2) is 28.1 Å². The first-order valence-electron chi connectivity index (χ1n) is 7.04. The number of hydrogen-bond acceptors (Lipinski definition) is 2. The van der Waals surface area contributed by atoms with E-state index in [-0.39, 0.29) is 0 Å². The van der Waals surface area contributed by atoms with Crippen molar-refractivity contribution < 1.29 is 4.74 Å². The van der Waals surface area contributed by atoms with Gasteiger partial charge in [0.2, 0.25) is 0 Å². The Morgan fingerprint density at radius 2 is 2.40 bits per heavy atom. The number of ether oxygens (including phenoxy) is 1. The minimum Gasteiger partial charge on any atom is -0.376 e. The maximum atomic E-state index is 5.95. The SMILES string of the molecule is CC(C1CCCO1)n1c(CCCl)nc2cc(I)ccc21. The zero-order chi connectivity index (χ0) is 14.1. The van der Waals surface area contributed by atoms with E-state index in [0.717, 1.165) is 37.2 Å². The van der Waals surface area contributed by atoms with Gasteiger partial charge in [0.15, 0.2) is 0 Å². The number of rotatable bonds is 4. The monoisotopic (exact) mass is 404 g/mol. The highest BCUT2D eigenvalue weighted by Gasteiger charge is 2.26. The highest BCUT2D eigenvalue weighted by atomic mass is 127. The van der Waals surface area contributed by atoms with Gasteiger partial charge in [0.05, 0.1) is 23.2 Å². The van der Waals surface area contributed by atoms with Crippen molar-refractivity contribution in [3.63, 3.8) is 0 Å². The van der Waals surface area contributed by atoms with Gasteiger partial charge in [-0.15, -0.1) is 11.6 Å². The lowest BCUT2D eigenvalue weighted by Gasteiger charge is -2.23. The Labute approximate surface area is 137 Å². The number of benzene rings is 1. The number of halogens is 2. The molecule has 5 heteroatoms. The molecule has 3 rings (SSSR count). The Balaban J connectivity index is 2.07. The summed E-state index contributed by atoms with van der Waals surface area (Å²) in [5.41, 5.74) is 2.25. The molecule has 1 saturated heterocycles. The van der Waals surface area contributed by atoms with E-state index in [2.05, 4.69) is 52.3 Å². The van der Waals surface area contributed by atoms with Gasteiger partial charge in [-0.3, -0.25) is 0 Å². The molecule has 2 heterocycles. The van der Waals surface area contributed by atoms with E-state index >= 15 is 0 Å². The third-order valence-corrected chi connectivity index (χ3v) is 4.81. The summed E-state index contributed by atoms with van der Waals surface area (Å²) >= 11 is 8.27. The van der Waals surface area contributed by atoms with E-state index < -0.39 is 0 Å². The Hall–Kier alpha value is -0.330. The van der Waals surface area contributed by atoms with Crippen LogP contribution in [0.3, 0.4) is 0 Å². The molecule has 0 radical (unpaired) electrons. The van der Waals surface area contributed by atoms with Gasteiger partial charge < -0.3 is 9.30 Å². The van der Waals surface area contributed by atoms with Crippen molar-refractivity contribution in [2.75, 3.05) is 12.5 Å². The maximum absolute atomic E-state index is 5.95. The first kappa shape index (κ1) is 14.6.